The number of hydrogen-bond donors (Lipinski definition) is 0. The van der Waals surface area contributed by atoms with E-state index in [-0.39, 0.29) is 7.43 Å². The first kappa shape index (κ1) is 16.8. The predicted octanol–water partition coefficient (Wildman–Crippen LogP) is 4.08. The molecule has 0 amide bonds. The van der Waals surface area contributed by atoms with E-state index in [1.165, 1.54) is 0 Å². The Morgan fingerprint density at radius 2 is 1.00 bits per heavy atom. The summed E-state index contributed by atoms with van der Waals surface area (Å²) in [6.45, 7) is 0. The van der Waals surface area contributed by atoms with E-state index in [2.05, 4.69) is 0 Å². The first-order valence-corrected chi connectivity index (χ1v) is 7.92. The third-order valence-corrected chi connectivity index (χ3v) is 0. The van der Waals surface area contributed by atoms with Crippen LogP contribution in [0.1, 0.15) is 7.43 Å². The standard InChI is InChI=1S/CH4.5ClH.Fe.Ni/h1H4;5*1H;;/q;;;;;;+3;+2/p-5. The van der Waals surface area contributed by atoms with Crippen molar-refractivity contribution in [3.63, 3.8) is 0 Å². The zero-order valence-corrected chi connectivity index (χ0v) is 8.43. The molecule has 0 aromatic heterocycles. The number of hydrogen-bond acceptors (Lipinski definition) is 0. The van der Waals surface area contributed by atoms with Gasteiger partial charge in [-0.15, -0.1) is 0 Å². The minimum atomic E-state index is -1.33. The van der Waals surface area contributed by atoms with E-state index in [0.29, 0.717) is 12.7 Å². The van der Waals surface area contributed by atoms with E-state index in [1.54, 1.807) is 0 Å². The van der Waals surface area contributed by atoms with Crippen LogP contribution >= 0.6 is 50.7 Å². The maximum atomic E-state index is 4.89. The molecule has 0 aliphatic carbocycles. The molecule has 0 saturated carbocycles. The Hall–Kier alpha value is 2.46. The fourth-order valence-corrected chi connectivity index (χ4v) is 0. The third-order valence-electron chi connectivity index (χ3n) is 0. The molecule has 0 spiro atoms. The summed E-state index contributed by atoms with van der Waals surface area (Å²) in [6.07, 6.45) is 0. The molecule has 0 aromatic carbocycles. The van der Waals surface area contributed by atoms with Crippen molar-refractivity contribution in [2.75, 3.05) is 0 Å². The van der Waals surface area contributed by atoms with Gasteiger partial charge in [0.2, 0.25) is 0 Å². The summed E-state index contributed by atoms with van der Waals surface area (Å²) in [6, 6.07) is 0. The Labute approximate surface area is 81.1 Å². The summed E-state index contributed by atoms with van der Waals surface area (Å²) in [5, 5.41) is 0. The van der Waals surface area contributed by atoms with Crippen molar-refractivity contribution in [3.05, 3.63) is 0 Å². The average Bonchev–Trinajstić information content (AvgIpc) is 1.33. The fourth-order valence-electron chi connectivity index (χ4n) is 0. The van der Waals surface area contributed by atoms with Crippen molar-refractivity contribution in [1.29, 1.82) is 0 Å². The summed E-state index contributed by atoms with van der Waals surface area (Å²) in [7, 11) is 24.1. The van der Waals surface area contributed by atoms with Crippen LogP contribution in [0.15, 0.2) is 0 Å². The zero-order valence-electron chi connectivity index (χ0n) is 2.56. The second-order valence-electron chi connectivity index (χ2n) is 0.197. The molecule has 61 valence electrons. The van der Waals surface area contributed by atoms with Crippen LogP contribution < -0.4 is 0 Å². The molecule has 0 rings (SSSR count). The van der Waals surface area contributed by atoms with Crippen molar-refractivity contribution in [2.45, 2.75) is 7.43 Å². The molecule has 0 aromatic rings. The summed E-state index contributed by atoms with van der Waals surface area (Å²) >= 11 is -0.764. The molecule has 0 atom stereocenters. The molecule has 0 N–H and O–H groups in total. The van der Waals surface area contributed by atoms with Gasteiger partial charge in [0.25, 0.3) is 0 Å². The summed E-state index contributed by atoms with van der Waals surface area (Å²) < 4.78 is 0. The van der Waals surface area contributed by atoms with Crippen molar-refractivity contribution in [2.24, 2.45) is 0 Å². The first-order chi connectivity index (χ1) is 3.15. The van der Waals surface area contributed by atoms with Gasteiger partial charge in [-0.05, 0) is 0 Å². The van der Waals surface area contributed by atoms with Gasteiger partial charge in [0.05, 0.1) is 0 Å². The van der Waals surface area contributed by atoms with Gasteiger partial charge in [-0.25, -0.2) is 0 Å². The molecular formula is CH4Cl5FeNi. The van der Waals surface area contributed by atoms with Gasteiger partial charge >= 0.3 is 74.5 Å². The quantitative estimate of drug-likeness (QED) is 0.592. The molecule has 0 fully saturated rings. The van der Waals surface area contributed by atoms with E-state index in [9.17, 15) is 0 Å². The van der Waals surface area contributed by atoms with Crippen molar-refractivity contribution < 1.29 is 23.8 Å². The van der Waals surface area contributed by atoms with E-state index in [1.807, 2.05) is 0 Å². The first-order valence-electron chi connectivity index (χ1n) is 0.640. The summed E-state index contributed by atoms with van der Waals surface area (Å²) in [4.78, 5) is 0. The number of rotatable bonds is 0. The Kier molecular flexibility index (Phi) is 34.1. The van der Waals surface area contributed by atoms with E-state index in [4.69, 9.17) is 50.7 Å². The van der Waals surface area contributed by atoms with Crippen LogP contribution in [-0.2, 0) is 23.8 Å². The SMILES string of the molecule is C.[Cl][Fe]([Cl])[Cl].[Cl][Ni][Cl]. The van der Waals surface area contributed by atoms with Crippen molar-refractivity contribution >= 4 is 50.7 Å². The monoisotopic (exact) mass is 305 g/mol. The van der Waals surface area contributed by atoms with Gasteiger partial charge in [-0.2, -0.15) is 0 Å². The molecule has 8 heavy (non-hydrogen) atoms. The molecule has 0 heterocycles. The molecule has 0 radical (unpaired) electrons. The second-order valence-corrected chi connectivity index (χ2v) is 7.30. The molecule has 7 heteroatoms. The summed E-state index contributed by atoms with van der Waals surface area (Å²) in [5.41, 5.74) is 0. The van der Waals surface area contributed by atoms with Crippen molar-refractivity contribution in [3.8, 4) is 0 Å². The van der Waals surface area contributed by atoms with Crippen LogP contribution in [0.2, 0.25) is 0 Å². The van der Waals surface area contributed by atoms with Crippen LogP contribution in [0.3, 0.4) is 0 Å². The molecule has 0 nitrogen and oxygen atoms in total. The Bertz CT molecular complexity index is 23.6. The van der Waals surface area contributed by atoms with Gasteiger partial charge in [0, 0.05) is 0 Å². The summed E-state index contributed by atoms with van der Waals surface area (Å²) in [5.74, 6) is 0. The predicted molar refractivity (Wildman–Crippen MR) is 36.0 cm³/mol. The Morgan fingerprint density at radius 1 is 1.00 bits per heavy atom. The number of halogens is 5. The van der Waals surface area contributed by atoms with Gasteiger partial charge in [0.1, 0.15) is 0 Å². The maximum absolute atomic E-state index is 4.89. The van der Waals surface area contributed by atoms with E-state index < -0.39 is 11.2 Å². The van der Waals surface area contributed by atoms with Gasteiger partial charge < -0.3 is 0 Å². The van der Waals surface area contributed by atoms with Crippen LogP contribution in [-0.4, -0.2) is 0 Å². The molecule has 0 saturated heterocycles. The van der Waals surface area contributed by atoms with Gasteiger partial charge in [0.15, 0.2) is 0 Å². The van der Waals surface area contributed by atoms with E-state index in [0.717, 1.165) is 0 Å². The van der Waals surface area contributed by atoms with Crippen LogP contribution in [0.25, 0.3) is 0 Å². The molecule has 0 unspecified atom stereocenters. The van der Waals surface area contributed by atoms with Crippen LogP contribution in [0, 0.1) is 0 Å². The topological polar surface area (TPSA) is 0 Å². The average molecular weight is 308 g/mol. The van der Waals surface area contributed by atoms with Crippen LogP contribution in [0.5, 0.6) is 0 Å². The molecule has 0 aliphatic heterocycles. The van der Waals surface area contributed by atoms with E-state index >= 15 is 0 Å². The normalized spacial score (nSPS) is 8.38. The second kappa shape index (κ2) is 16.2. The van der Waals surface area contributed by atoms with Gasteiger partial charge in [-0.3, -0.25) is 0 Å². The zero-order chi connectivity index (χ0) is 6.28. The minimum absolute atomic E-state index is 0. The molecule has 0 aliphatic rings. The van der Waals surface area contributed by atoms with Crippen molar-refractivity contribution in [1.82, 2.24) is 0 Å². The van der Waals surface area contributed by atoms with Crippen LogP contribution in [0.4, 0.5) is 0 Å². The third kappa shape index (κ3) is 77.7. The molecule has 0 bridgehead atoms. The Balaban J connectivity index is -0.0000000575. The molecular weight excluding hydrogens is 304 g/mol. The Morgan fingerprint density at radius 3 is 1.00 bits per heavy atom. The van der Waals surface area contributed by atoms with Gasteiger partial charge in [-0.1, -0.05) is 7.43 Å². The fraction of sp³-hybridized carbons (Fsp3) is 1.00.